The first kappa shape index (κ1) is 12.0. The van der Waals surface area contributed by atoms with Crippen LogP contribution in [0.5, 0.6) is 0 Å². The first-order valence-electron chi connectivity index (χ1n) is 4.74. The number of methoxy groups -OCH3 is 1. The maximum absolute atomic E-state index is 11.1. The second-order valence-corrected chi connectivity index (χ2v) is 3.19. The Balaban J connectivity index is 2.79. The average molecular weight is 223 g/mol. The van der Waals surface area contributed by atoms with Crippen LogP contribution in [0.1, 0.15) is 18.0 Å². The molecular weight excluding hydrogens is 210 g/mol. The van der Waals surface area contributed by atoms with Crippen LogP contribution < -0.4 is 5.32 Å². The Morgan fingerprint density at radius 2 is 2.00 bits per heavy atom. The van der Waals surface area contributed by atoms with Crippen molar-refractivity contribution in [3.8, 4) is 0 Å². The van der Waals surface area contributed by atoms with Gasteiger partial charge in [-0.3, -0.25) is 4.79 Å². The van der Waals surface area contributed by atoms with E-state index in [1.165, 1.54) is 7.11 Å². The average Bonchev–Trinajstić information content (AvgIpc) is 2.28. The number of carbonyl (C=O) groups is 2. The molecule has 1 atom stereocenters. The Labute approximate surface area is 93.0 Å². The molecule has 1 amide bonds. The molecule has 0 saturated heterocycles. The van der Waals surface area contributed by atoms with Crippen molar-refractivity contribution < 1.29 is 19.4 Å². The standard InChI is InChI=1S/C11H13NO4/c1-16-10(13)7-9(12-11(14)15)8-5-3-2-4-6-8/h2-6,9,12H,7H2,1H3,(H,14,15)/t9-/m0/s1. The summed E-state index contributed by atoms with van der Waals surface area (Å²) < 4.78 is 4.51. The van der Waals surface area contributed by atoms with E-state index in [1.807, 2.05) is 6.07 Å². The molecule has 0 aliphatic rings. The van der Waals surface area contributed by atoms with E-state index in [4.69, 9.17) is 5.11 Å². The normalized spacial score (nSPS) is 11.6. The Kier molecular flexibility index (Phi) is 4.32. The minimum atomic E-state index is -1.17. The first-order valence-corrected chi connectivity index (χ1v) is 4.74. The molecule has 1 rings (SSSR count). The summed E-state index contributed by atoms with van der Waals surface area (Å²) in [5, 5.41) is 10.9. The third-order valence-electron chi connectivity index (χ3n) is 2.10. The molecule has 86 valence electrons. The molecule has 0 fully saturated rings. The highest BCUT2D eigenvalue weighted by Crippen LogP contribution is 2.16. The van der Waals surface area contributed by atoms with Crippen LogP contribution in [-0.2, 0) is 9.53 Å². The molecule has 0 aliphatic carbocycles. The van der Waals surface area contributed by atoms with Crippen LogP contribution in [0, 0.1) is 0 Å². The van der Waals surface area contributed by atoms with E-state index in [2.05, 4.69) is 10.1 Å². The summed E-state index contributed by atoms with van der Waals surface area (Å²) in [6.45, 7) is 0. The van der Waals surface area contributed by atoms with Gasteiger partial charge in [0.05, 0.1) is 19.6 Å². The fourth-order valence-electron chi connectivity index (χ4n) is 1.34. The number of hydrogen-bond donors (Lipinski definition) is 2. The van der Waals surface area contributed by atoms with Gasteiger partial charge in [0.15, 0.2) is 0 Å². The Morgan fingerprint density at radius 1 is 1.38 bits per heavy atom. The molecule has 1 aromatic rings. The van der Waals surface area contributed by atoms with Crippen molar-refractivity contribution in [2.75, 3.05) is 7.11 Å². The number of nitrogens with one attached hydrogen (secondary N) is 1. The number of carbonyl (C=O) groups excluding carboxylic acids is 1. The van der Waals surface area contributed by atoms with Crippen molar-refractivity contribution in [1.82, 2.24) is 5.32 Å². The van der Waals surface area contributed by atoms with Gasteiger partial charge in [-0.2, -0.15) is 0 Å². The lowest BCUT2D eigenvalue weighted by atomic mass is 10.0. The van der Waals surface area contributed by atoms with Gasteiger partial charge < -0.3 is 15.2 Å². The molecule has 5 nitrogen and oxygen atoms in total. The number of carboxylic acid groups (broad SMARTS) is 1. The van der Waals surface area contributed by atoms with Crippen molar-refractivity contribution >= 4 is 12.1 Å². The molecule has 0 radical (unpaired) electrons. The van der Waals surface area contributed by atoms with E-state index in [0.29, 0.717) is 0 Å². The number of ether oxygens (including phenoxy) is 1. The maximum atomic E-state index is 11.1. The quantitative estimate of drug-likeness (QED) is 0.759. The Hall–Kier alpha value is -2.04. The fourth-order valence-corrected chi connectivity index (χ4v) is 1.34. The highest BCUT2D eigenvalue weighted by atomic mass is 16.5. The SMILES string of the molecule is COC(=O)C[C@H](NC(=O)O)c1ccccc1. The number of esters is 1. The second kappa shape index (κ2) is 5.75. The molecule has 5 heteroatoms. The number of benzene rings is 1. The summed E-state index contributed by atoms with van der Waals surface area (Å²) in [7, 11) is 1.27. The lowest BCUT2D eigenvalue weighted by Crippen LogP contribution is -2.28. The zero-order valence-electron chi connectivity index (χ0n) is 8.84. The molecule has 0 spiro atoms. The minimum absolute atomic E-state index is 0.0210. The van der Waals surface area contributed by atoms with Crippen LogP contribution in [0.4, 0.5) is 4.79 Å². The molecule has 0 heterocycles. The van der Waals surface area contributed by atoms with Gasteiger partial charge in [-0.25, -0.2) is 4.79 Å². The van der Waals surface area contributed by atoms with Crippen LogP contribution in [0.2, 0.25) is 0 Å². The van der Waals surface area contributed by atoms with Gasteiger partial charge in [-0.1, -0.05) is 30.3 Å². The molecule has 2 N–H and O–H groups in total. The van der Waals surface area contributed by atoms with E-state index in [0.717, 1.165) is 5.56 Å². The van der Waals surface area contributed by atoms with Gasteiger partial charge in [0, 0.05) is 0 Å². The van der Waals surface area contributed by atoms with Crippen molar-refractivity contribution in [2.24, 2.45) is 0 Å². The highest BCUT2D eigenvalue weighted by molar-refractivity contribution is 5.72. The van der Waals surface area contributed by atoms with Crippen molar-refractivity contribution in [2.45, 2.75) is 12.5 Å². The summed E-state index contributed by atoms with van der Waals surface area (Å²) in [4.78, 5) is 21.7. The van der Waals surface area contributed by atoms with Crippen LogP contribution in [0.25, 0.3) is 0 Å². The van der Waals surface area contributed by atoms with Gasteiger partial charge in [0.25, 0.3) is 0 Å². The van der Waals surface area contributed by atoms with Crippen LogP contribution in [0.15, 0.2) is 30.3 Å². The third kappa shape index (κ3) is 3.61. The molecule has 0 aromatic heterocycles. The van der Waals surface area contributed by atoms with Crippen LogP contribution in [0.3, 0.4) is 0 Å². The Morgan fingerprint density at radius 3 is 2.50 bits per heavy atom. The summed E-state index contributed by atoms with van der Waals surface area (Å²) in [6.07, 6.45) is -1.19. The van der Waals surface area contributed by atoms with Gasteiger partial charge in [0.1, 0.15) is 0 Å². The molecule has 0 aliphatic heterocycles. The van der Waals surface area contributed by atoms with Gasteiger partial charge >= 0.3 is 12.1 Å². The van der Waals surface area contributed by atoms with E-state index in [-0.39, 0.29) is 6.42 Å². The topological polar surface area (TPSA) is 75.6 Å². The van der Waals surface area contributed by atoms with E-state index in [1.54, 1.807) is 24.3 Å². The monoisotopic (exact) mass is 223 g/mol. The lowest BCUT2D eigenvalue weighted by molar-refractivity contribution is -0.141. The fraction of sp³-hybridized carbons (Fsp3) is 0.273. The van der Waals surface area contributed by atoms with E-state index >= 15 is 0 Å². The van der Waals surface area contributed by atoms with Gasteiger partial charge in [-0.15, -0.1) is 0 Å². The summed E-state index contributed by atoms with van der Waals surface area (Å²) in [6, 6.07) is 8.31. The summed E-state index contributed by atoms with van der Waals surface area (Å²) in [5.41, 5.74) is 0.732. The zero-order valence-corrected chi connectivity index (χ0v) is 8.84. The van der Waals surface area contributed by atoms with Gasteiger partial charge in [-0.05, 0) is 5.56 Å². The van der Waals surface area contributed by atoms with E-state index < -0.39 is 18.1 Å². The first-order chi connectivity index (χ1) is 7.63. The largest absolute Gasteiger partial charge is 0.469 e. The Bertz CT molecular complexity index is 364. The predicted molar refractivity (Wildman–Crippen MR) is 57.0 cm³/mol. The molecule has 0 bridgehead atoms. The van der Waals surface area contributed by atoms with Crippen molar-refractivity contribution in [3.05, 3.63) is 35.9 Å². The minimum Gasteiger partial charge on any atom is -0.469 e. The van der Waals surface area contributed by atoms with E-state index in [9.17, 15) is 9.59 Å². The number of rotatable bonds is 4. The summed E-state index contributed by atoms with van der Waals surface area (Å²) in [5.74, 6) is -0.456. The molecule has 16 heavy (non-hydrogen) atoms. The predicted octanol–water partition coefficient (Wildman–Crippen LogP) is 1.56. The smallest absolute Gasteiger partial charge is 0.405 e. The van der Waals surface area contributed by atoms with Crippen molar-refractivity contribution in [3.63, 3.8) is 0 Å². The van der Waals surface area contributed by atoms with Crippen LogP contribution in [-0.4, -0.2) is 24.3 Å². The highest BCUT2D eigenvalue weighted by Gasteiger charge is 2.17. The van der Waals surface area contributed by atoms with Gasteiger partial charge in [0.2, 0.25) is 0 Å². The molecule has 0 unspecified atom stereocenters. The lowest BCUT2D eigenvalue weighted by Gasteiger charge is -2.15. The molecule has 1 aromatic carbocycles. The molecular formula is C11H13NO4. The van der Waals surface area contributed by atoms with Crippen molar-refractivity contribution in [1.29, 1.82) is 0 Å². The van der Waals surface area contributed by atoms with Crippen LogP contribution >= 0.6 is 0 Å². The molecule has 0 saturated carbocycles. The number of hydrogen-bond acceptors (Lipinski definition) is 3. The zero-order chi connectivity index (χ0) is 12.0. The second-order valence-electron chi connectivity index (χ2n) is 3.19. The third-order valence-corrected chi connectivity index (χ3v) is 2.10. The number of amides is 1. The summed E-state index contributed by atoms with van der Waals surface area (Å²) >= 11 is 0. The maximum Gasteiger partial charge on any atom is 0.405 e.